The van der Waals surface area contributed by atoms with Gasteiger partial charge in [-0.15, -0.1) is 0 Å². The molecule has 0 radical (unpaired) electrons. The van der Waals surface area contributed by atoms with E-state index in [9.17, 15) is 8.78 Å². The predicted octanol–water partition coefficient (Wildman–Crippen LogP) is 1.46. The first-order valence-electron chi connectivity index (χ1n) is 6.17. The Hall–Kier alpha value is -1.69. The van der Waals surface area contributed by atoms with Crippen LogP contribution in [0, 0.1) is 5.41 Å². The van der Waals surface area contributed by atoms with Crippen LogP contribution in [0.1, 0.15) is 18.1 Å². The van der Waals surface area contributed by atoms with Crippen molar-refractivity contribution in [3.8, 4) is 0 Å². The second kappa shape index (κ2) is 7.04. The Kier molecular flexibility index (Phi) is 5.69. The molecule has 0 atom stereocenters. The molecule has 0 fully saturated rings. The molecule has 0 aliphatic carbocycles. The number of halogens is 2. The van der Waals surface area contributed by atoms with E-state index in [1.54, 1.807) is 0 Å². The van der Waals surface area contributed by atoms with Gasteiger partial charge in [-0.1, -0.05) is 31.2 Å². The molecule has 0 aliphatic heterocycles. The number of hydrogen-bond acceptors (Lipinski definition) is 2. The summed E-state index contributed by atoms with van der Waals surface area (Å²) in [5.74, 6) is -3.38. The molecule has 0 spiro atoms. The van der Waals surface area contributed by atoms with Crippen molar-refractivity contribution in [2.75, 3.05) is 13.1 Å². The Balaban J connectivity index is 2.33. The molecule has 0 bridgehead atoms. The summed E-state index contributed by atoms with van der Waals surface area (Å²) in [5, 5.41) is 11.7. The maximum Gasteiger partial charge on any atom is 0.277 e. The number of hydrogen-bond donors (Lipinski definition) is 4. The fraction of sp³-hybridized carbons (Fsp3) is 0.462. The smallest absolute Gasteiger partial charge is 0.277 e. The molecule has 0 saturated heterocycles. The van der Waals surface area contributed by atoms with Gasteiger partial charge in [-0.25, -0.2) is 8.78 Å². The molecule has 0 aromatic heterocycles. The Morgan fingerprint density at radius 2 is 1.79 bits per heavy atom. The predicted molar refractivity (Wildman–Crippen MR) is 72.4 cm³/mol. The van der Waals surface area contributed by atoms with Gasteiger partial charge < -0.3 is 16.4 Å². The third-order valence-corrected chi connectivity index (χ3v) is 2.68. The summed E-state index contributed by atoms with van der Waals surface area (Å²) in [4.78, 5) is 0. The van der Waals surface area contributed by atoms with E-state index in [2.05, 4.69) is 17.6 Å². The topological polar surface area (TPSA) is 73.9 Å². The zero-order chi connectivity index (χ0) is 14.3. The lowest BCUT2D eigenvalue weighted by atomic mass is 10.1. The highest BCUT2D eigenvalue weighted by molar-refractivity contribution is 5.74. The van der Waals surface area contributed by atoms with Crippen LogP contribution in [-0.2, 0) is 13.0 Å². The van der Waals surface area contributed by atoms with Gasteiger partial charge in [-0.2, -0.15) is 0 Å². The van der Waals surface area contributed by atoms with Crippen LogP contribution in [0.4, 0.5) is 8.78 Å². The van der Waals surface area contributed by atoms with Gasteiger partial charge in [0.1, 0.15) is 0 Å². The summed E-state index contributed by atoms with van der Waals surface area (Å²) in [5.41, 5.74) is 7.15. The molecule has 1 aromatic carbocycles. The lowest BCUT2D eigenvalue weighted by Crippen LogP contribution is -2.45. The number of alkyl halides is 2. The van der Waals surface area contributed by atoms with Crippen molar-refractivity contribution in [3.63, 3.8) is 0 Å². The van der Waals surface area contributed by atoms with Gasteiger partial charge in [-0.05, 0) is 17.5 Å². The third kappa shape index (κ3) is 6.15. The molecule has 0 heterocycles. The molecule has 0 saturated carbocycles. The molecular weight excluding hydrogens is 250 g/mol. The number of nitrogens with two attached hydrogens (primary N) is 1. The minimum absolute atomic E-state index is 0.389. The molecular formula is C13H20F2N4. The maximum absolute atomic E-state index is 13.3. The van der Waals surface area contributed by atoms with E-state index in [4.69, 9.17) is 11.1 Å². The summed E-state index contributed by atoms with van der Waals surface area (Å²) in [7, 11) is 0. The van der Waals surface area contributed by atoms with Gasteiger partial charge in [0.05, 0.1) is 13.1 Å². The molecule has 19 heavy (non-hydrogen) atoms. The van der Waals surface area contributed by atoms with Gasteiger partial charge >= 0.3 is 0 Å². The van der Waals surface area contributed by atoms with Crippen LogP contribution in [0.15, 0.2) is 24.3 Å². The number of guanidine groups is 1. The summed E-state index contributed by atoms with van der Waals surface area (Å²) in [6.07, 6.45) is 0.961. The number of nitrogens with one attached hydrogen (secondary N) is 3. The monoisotopic (exact) mass is 270 g/mol. The lowest BCUT2D eigenvalue weighted by molar-refractivity contribution is 0.00700. The van der Waals surface area contributed by atoms with Gasteiger partial charge in [0.15, 0.2) is 5.96 Å². The summed E-state index contributed by atoms with van der Waals surface area (Å²) >= 11 is 0. The van der Waals surface area contributed by atoms with Crippen LogP contribution in [0.5, 0.6) is 0 Å². The normalized spacial score (nSPS) is 11.3. The highest BCUT2D eigenvalue weighted by Crippen LogP contribution is 2.11. The SMILES string of the molecule is CCc1ccc(CNCC(F)(F)CNC(=N)N)cc1. The molecule has 4 nitrogen and oxygen atoms in total. The Morgan fingerprint density at radius 3 is 2.32 bits per heavy atom. The molecule has 0 aliphatic rings. The van der Waals surface area contributed by atoms with Crippen LogP contribution >= 0.6 is 0 Å². The van der Waals surface area contributed by atoms with E-state index in [0.717, 1.165) is 12.0 Å². The third-order valence-electron chi connectivity index (χ3n) is 2.68. The van der Waals surface area contributed by atoms with Gasteiger partial charge in [-0.3, -0.25) is 5.41 Å². The number of benzene rings is 1. The number of rotatable bonds is 7. The quantitative estimate of drug-likeness (QED) is 0.447. The molecule has 1 aromatic rings. The van der Waals surface area contributed by atoms with E-state index in [0.29, 0.717) is 6.54 Å². The van der Waals surface area contributed by atoms with Crippen molar-refractivity contribution in [1.82, 2.24) is 10.6 Å². The minimum Gasteiger partial charge on any atom is -0.370 e. The summed E-state index contributed by atoms with van der Waals surface area (Å²) < 4.78 is 26.7. The Bertz CT molecular complexity index is 404. The molecule has 1 rings (SSSR count). The average Bonchev–Trinajstić information content (AvgIpc) is 2.37. The van der Waals surface area contributed by atoms with Crippen molar-refractivity contribution in [1.29, 1.82) is 5.41 Å². The first-order chi connectivity index (χ1) is 8.93. The molecule has 0 unspecified atom stereocenters. The molecule has 106 valence electrons. The molecule has 5 N–H and O–H groups in total. The van der Waals surface area contributed by atoms with Crippen molar-refractivity contribution < 1.29 is 8.78 Å². The highest BCUT2D eigenvalue weighted by atomic mass is 19.3. The standard InChI is InChI=1S/C13H20F2N4/c1-2-10-3-5-11(6-4-10)7-18-8-13(14,15)9-19-12(16)17/h3-6,18H,2,7-9H2,1H3,(H4,16,17,19). The van der Waals surface area contributed by atoms with Crippen LogP contribution < -0.4 is 16.4 Å². The average molecular weight is 270 g/mol. The van der Waals surface area contributed by atoms with Crippen molar-refractivity contribution in [2.24, 2.45) is 5.73 Å². The van der Waals surface area contributed by atoms with E-state index < -0.39 is 25.0 Å². The van der Waals surface area contributed by atoms with Crippen LogP contribution in [0.2, 0.25) is 0 Å². The molecule has 0 amide bonds. The van der Waals surface area contributed by atoms with E-state index >= 15 is 0 Å². The zero-order valence-electron chi connectivity index (χ0n) is 11.0. The van der Waals surface area contributed by atoms with E-state index in [1.807, 2.05) is 24.3 Å². The van der Waals surface area contributed by atoms with E-state index in [1.165, 1.54) is 5.56 Å². The van der Waals surface area contributed by atoms with Crippen molar-refractivity contribution in [2.45, 2.75) is 25.8 Å². The second-order valence-corrected chi connectivity index (χ2v) is 4.40. The summed E-state index contributed by atoms with van der Waals surface area (Å²) in [6.45, 7) is 1.36. The van der Waals surface area contributed by atoms with Crippen LogP contribution in [0.3, 0.4) is 0 Å². The van der Waals surface area contributed by atoms with Crippen molar-refractivity contribution >= 4 is 5.96 Å². The maximum atomic E-state index is 13.3. The zero-order valence-corrected chi connectivity index (χ0v) is 11.0. The van der Waals surface area contributed by atoms with Crippen molar-refractivity contribution in [3.05, 3.63) is 35.4 Å². The van der Waals surface area contributed by atoms with Gasteiger partial charge in [0.2, 0.25) is 0 Å². The minimum atomic E-state index is -2.94. The van der Waals surface area contributed by atoms with Gasteiger partial charge in [0, 0.05) is 6.54 Å². The Morgan fingerprint density at radius 1 is 1.21 bits per heavy atom. The first-order valence-corrected chi connectivity index (χ1v) is 6.17. The molecule has 6 heteroatoms. The van der Waals surface area contributed by atoms with Crippen LogP contribution in [0.25, 0.3) is 0 Å². The highest BCUT2D eigenvalue weighted by Gasteiger charge is 2.28. The first kappa shape index (κ1) is 15.4. The van der Waals surface area contributed by atoms with E-state index in [-0.39, 0.29) is 0 Å². The Labute approximate surface area is 111 Å². The van der Waals surface area contributed by atoms with Crippen LogP contribution in [-0.4, -0.2) is 25.0 Å². The lowest BCUT2D eigenvalue weighted by Gasteiger charge is -2.17. The van der Waals surface area contributed by atoms with Gasteiger partial charge in [0.25, 0.3) is 5.92 Å². The fourth-order valence-corrected chi connectivity index (χ4v) is 1.57. The summed E-state index contributed by atoms with van der Waals surface area (Å²) in [6, 6.07) is 7.84. The fourth-order valence-electron chi connectivity index (χ4n) is 1.57. The largest absolute Gasteiger partial charge is 0.370 e. The second-order valence-electron chi connectivity index (χ2n) is 4.40. The number of aryl methyl sites for hydroxylation is 1.